The highest BCUT2D eigenvalue weighted by molar-refractivity contribution is 7.52. The van der Waals surface area contributed by atoms with Crippen molar-refractivity contribution in [1.82, 2.24) is 14.6 Å². The second kappa shape index (κ2) is 10.7. The number of benzene rings is 1. The van der Waals surface area contributed by atoms with E-state index in [-0.39, 0.29) is 11.6 Å². The Morgan fingerprint density at radius 3 is 2.61 bits per heavy atom. The first-order valence-electron chi connectivity index (χ1n) is 11.5. The molecule has 16 heteroatoms. The number of hydrogen-bond acceptors (Lipinski definition) is 12. The van der Waals surface area contributed by atoms with Crippen LogP contribution in [0.25, 0.3) is 0 Å². The van der Waals surface area contributed by atoms with Gasteiger partial charge in [-0.25, -0.2) is 18.5 Å². The number of hydrogen-bond donors (Lipinski definition) is 2. The molecule has 4 rings (SSSR count). The fraction of sp³-hybridized carbons (Fsp3) is 0.455. The van der Waals surface area contributed by atoms with Gasteiger partial charge >= 0.3 is 25.6 Å². The van der Waals surface area contributed by atoms with Gasteiger partial charge < -0.3 is 29.2 Å². The number of fused-ring (bicyclic) bond motifs is 1. The van der Waals surface area contributed by atoms with Crippen LogP contribution >= 0.6 is 7.75 Å². The molecule has 3 N–H and O–H groups in total. The number of carbonyl (C=O) groups is 2. The molecule has 3 heterocycles. The number of nitrogen functional groups attached to an aromatic ring is 1. The molecule has 1 aromatic heterocycles. The third-order valence-electron chi connectivity index (χ3n) is 5.36. The summed E-state index contributed by atoms with van der Waals surface area (Å²) in [5.74, 6) is -3.73. The van der Waals surface area contributed by atoms with Crippen molar-refractivity contribution >= 4 is 25.7 Å². The SMILES string of the molecule is CC(C)OC(=O)[C@H](C)N[P@](=O)(OC[C@@]1(F)O[C@@H](n2ccc(N)nc2=O)[C@@H]2OC(=O)O[C@@H]21)Oc1ccccc1. The highest BCUT2D eigenvalue weighted by atomic mass is 31.2. The van der Waals surface area contributed by atoms with Crippen LogP contribution in [-0.4, -0.2) is 58.5 Å². The maximum absolute atomic E-state index is 16.2. The highest BCUT2D eigenvalue weighted by Crippen LogP contribution is 2.50. The summed E-state index contributed by atoms with van der Waals surface area (Å²) in [5, 5.41) is 2.41. The zero-order valence-electron chi connectivity index (χ0n) is 20.5. The lowest BCUT2D eigenvalue weighted by Crippen LogP contribution is -2.43. The number of rotatable bonds is 10. The van der Waals surface area contributed by atoms with Crippen LogP contribution in [0.2, 0.25) is 0 Å². The summed E-state index contributed by atoms with van der Waals surface area (Å²) < 4.78 is 62.0. The van der Waals surface area contributed by atoms with Crippen molar-refractivity contribution in [2.24, 2.45) is 0 Å². The number of para-hydroxylation sites is 1. The van der Waals surface area contributed by atoms with E-state index in [1.165, 1.54) is 31.3 Å². The van der Waals surface area contributed by atoms with Crippen LogP contribution in [0.1, 0.15) is 27.0 Å². The molecule has 1 aromatic carbocycles. The average molecular weight is 556 g/mol. The average Bonchev–Trinajstić information content (AvgIpc) is 3.35. The van der Waals surface area contributed by atoms with Gasteiger partial charge in [0.05, 0.1) is 6.10 Å². The molecule has 0 radical (unpaired) electrons. The summed E-state index contributed by atoms with van der Waals surface area (Å²) in [6.07, 6.45) is -5.13. The maximum Gasteiger partial charge on any atom is 0.509 e. The van der Waals surface area contributed by atoms with Crippen LogP contribution in [0.4, 0.5) is 15.0 Å². The van der Waals surface area contributed by atoms with Crippen molar-refractivity contribution in [2.75, 3.05) is 12.3 Å². The lowest BCUT2D eigenvalue weighted by Gasteiger charge is -2.27. The summed E-state index contributed by atoms with van der Waals surface area (Å²) in [7, 11) is -4.50. The van der Waals surface area contributed by atoms with Crippen molar-refractivity contribution in [3.63, 3.8) is 0 Å². The van der Waals surface area contributed by atoms with Gasteiger partial charge in [-0.1, -0.05) is 18.2 Å². The summed E-state index contributed by atoms with van der Waals surface area (Å²) in [6.45, 7) is 3.49. The van der Waals surface area contributed by atoms with E-state index >= 15 is 4.39 Å². The number of halogens is 1. The van der Waals surface area contributed by atoms with Gasteiger partial charge in [-0.15, -0.1) is 0 Å². The first kappa shape index (κ1) is 27.5. The van der Waals surface area contributed by atoms with Gasteiger partial charge in [0.1, 0.15) is 24.2 Å². The molecule has 2 aromatic rings. The zero-order chi connectivity index (χ0) is 27.7. The first-order chi connectivity index (χ1) is 17.9. The quantitative estimate of drug-likeness (QED) is 0.321. The van der Waals surface area contributed by atoms with E-state index in [4.69, 9.17) is 33.7 Å². The number of nitrogens with one attached hydrogen (secondary N) is 1. The number of ether oxygens (including phenoxy) is 4. The van der Waals surface area contributed by atoms with Crippen molar-refractivity contribution in [3.05, 3.63) is 53.1 Å². The molecule has 6 atom stereocenters. The van der Waals surface area contributed by atoms with Crippen LogP contribution in [-0.2, 0) is 32.8 Å². The van der Waals surface area contributed by atoms with Crippen molar-refractivity contribution in [3.8, 4) is 5.75 Å². The first-order valence-corrected chi connectivity index (χ1v) is 13.0. The van der Waals surface area contributed by atoms with E-state index in [0.717, 1.165) is 4.57 Å². The molecule has 0 amide bonds. The molecule has 0 unspecified atom stereocenters. The second-order valence-corrected chi connectivity index (χ2v) is 10.4. The summed E-state index contributed by atoms with van der Waals surface area (Å²) in [5.41, 5.74) is 4.60. The number of anilines is 1. The molecule has 206 valence electrons. The molecule has 38 heavy (non-hydrogen) atoms. The Hall–Kier alpha value is -3.52. The van der Waals surface area contributed by atoms with E-state index in [2.05, 4.69) is 10.1 Å². The van der Waals surface area contributed by atoms with Gasteiger partial charge in [0.2, 0.25) is 6.10 Å². The molecule has 2 aliphatic heterocycles. The van der Waals surface area contributed by atoms with Gasteiger partial charge in [0.25, 0.3) is 5.85 Å². The Morgan fingerprint density at radius 1 is 1.24 bits per heavy atom. The number of carbonyl (C=O) groups excluding carboxylic acids is 2. The van der Waals surface area contributed by atoms with Crippen molar-refractivity contribution in [2.45, 2.75) is 57.2 Å². The zero-order valence-corrected chi connectivity index (χ0v) is 21.4. The molecule has 0 bridgehead atoms. The van der Waals surface area contributed by atoms with Gasteiger partial charge in [-0.2, -0.15) is 10.1 Å². The van der Waals surface area contributed by atoms with Crippen LogP contribution in [0.15, 0.2) is 47.4 Å². The standard InChI is InChI=1S/C22H26FN4O10P/c1-12(2)33-19(28)13(3)26-38(31,37-14-7-5-4-6-8-14)32-11-22(23)17-16(34-21(30)35-17)18(36-22)27-10-9-15(24)25-20(27)29/h4-10,12-13,16-18H,11H2,1-3H3,(H,26,31)(H2,24,25,29)/t13-,16+,17-,18+,22+,38-/m0/s1. The van der Waals surface area contributed by atoms with Crippen molar-refractivity contribution < 1.29 is 46.5 Å². The number of alkyl halides is 1. The molecule has 14 nitrogen and oxygen atoms in total. The Kier molecular flexibility index (Phi) is 7.74. The minimum absolute atomic E-state index is 0.0823. The molecular weight excluding hydrogens is 530 g/mol. The number of nitrogens with zero attached hydrogens (tertiary/aromatic N) is 2. The Morgan fingerprint density at radius 2 is 1.95 bits per heavy atom. The highest BCUT2D eigenvalue weighted by Gasteiger charge is 2.65. The fourth-order valence-corrected chi connectivity index (χ4v) is 5.21. The molecule has 2 aliphatic rings. The van der Waals surface area contributed by atoms with Gasteiger partial charge in [0, 0.05) is 6.20 Å². The number of aromatic nitrogens is 2. The minimum Gasteiger partial charge on any atom is -0.462 e. The predicted molar refractivity (Wildman–Crippen MR) is 126 cm³/mol. The Balaban J connectivity index is 1.58. The van der Waals surface area contributed by atoms with E-state index in [9.17, 15) is 18.9 Å². The van der Waals surface area contributed by atoms with Crippen LogP contribution < -0.4 is 21.0 Å². The van der Waals surface area contributed by atoms with Crippen LogP contribution in [0.3, 0.4) is 0 Å². The molecule has 0 aliphatic carbocycles. The molecule has 0 spiro atoms. The van der Waals surface area contributed by atoms with Gasteiger partial charge in [0.15, 0.2) is 12.3 Å². The van der Waals surface area contributed by atoms with E-state index in [0.29, 0.717) is 0 Å². The van der Waals surface area contributed by atoms with Crippen LogP contribution in [0.5, 0.6) is 5.75 Å². The number of esters is 1. The van der Waals surface area contributed by atoms with E-state index in [1.807, 2.05) is 0 Å². The van der Waals surface area contributed by atoms with Crippen molar-refractivity contribution in [1.29, 1.82) is 0 Å². The summed E-state index contributed by atoms with van der Waals surface area (Å²) in [4.78, 5) is 40.0. The lowest BCUT2D eigenvalue weighted by atomic mass is 10.1. The second-order valence-electron chi connectivity index (χ2n) is 8.72. The minimum atomic E-state index is -4.50. The largest absolute Gasteiger partial charge is 0.509 e. The predicted octanol–water partition coefficient (Wildman–Crippen LogP) is 2.06. The van der Waals surface area contributed by atoms with Gasteiger partial charge in [-0.3, -0.25) is 13.9 Å². The lowest BCUT2D eigenvalue weighted by molar-refractivity contribution is -0.207. The third kappa shape index (κ3) is 5.96. The maximum atomic E-state index is 16.2. The molecule has 2 fully saturated rings. The molecule has 0 saturated carbocycles. The van der Waals surface area contributed by atoms with Crippen LogP contribution in [0, 0.1) is 0 Å². The van der Waals surface area contributed by atoms with E-state index < -0.39 is 68.6 Å². The monoisotopic (exact) mass is 556 g/mol. The molecule has 2 saturated heterocycles. The topological polar surface area (TPSA) is 180 Å². The van der Waals surface area contributed by atoms with Gasteiger partial charge in [-0.05, 0) is 39.0 Å². The molecular formula is C22H26FN4O10P. The Labute approximate surface area is 215 Å². The smallest absolute Gasteiger partial charge is 0.462 e. The summed E-state index contributed by atoms with van der Waals surface area (Å²) >= 11 is 0. The third-order valence-corrected chi connectivity index (χ3v) is 6.98. The fourth-order valence-electron chi connectivity index (χ4n) is 3.71. The number of nitrogens with two attached hydrogens (primary N) is 1. The summed E-state index contributed by atoms with van der Waals surface area (Å²) in [6, 6.07) is 7.86. The van der Waals surface area contributed by atoms with E-state index in [1.54, 1.807) is 32.0 Å². The normalized spacial score (nSPS) is 26.7. The Bertz CT molecular complexity index is 1290.